The molecule has 0 saturated heterocycles. The highest BCUT2D eigenvalue weighted by Crippen LogP contribution is 2.31. The summed E-state index contributed by atoms with van der Waals surface area (Å²) in [6.45, 7) is 0.698. The van der Waals surface area contributed by atoms with E-state index < -0.39 is 5.92 Å². The fraction of sp³-hybridized carbons (Fsp3) is 0.304. The van der Waals surface area contributed by atoms with E-state index in [4.69, 9.17) is 14.2 Å². The number of methoxy groups -OCH3 is 2. The molecule has 0 saturated carbocycles. The number of aromatic amines is 2. The van der Waals surface area contributed by atoms with Crippen LogP contribution in [-0.2, 0) is 22.4 Å². The van der Waals surface area contributed by atoms with Crippen molar-refractivity contribution in [3.63, 3.8) is 0 Å². The molecule has 0 radical (unpaired) electrons. The standard InChI is InChI=1S/C23H24N2O5/c1-28-17-6-4-15(5-7-17)18(13-21(26)29-2)22-19(24-25-23(22)27)12-14-3-8-20-16(11-14)9-10-30-20/h3-8,11,18H,9-10,12-13H2,1-2H3,(H2,24,25,27). The summed E-state index contributed by atoms with van der Waals surface area (Å²) in [6, 6.07) is 13.5. The van der Waals surface area contributed by atoms with Gasteiger partial charge in [0.15, 0.2) is 0 Å². The van der Waals surface area contributed by atoms with E-state index in [0.29, 0.717) is 24.3 Å². The number of ether oxygens (including phenoxy) is 3. The zero-order valence-corrected chi connectivity index (χ0v) is 17.0. The van der Waals surface area contributed by atoms with Crippen LogP contribution in [0, 0.1) is 0 Å². The highest BCUT2D eigenvalue weighted by Gasteiger charge is 2.26. The second-order valence-corrected chi connectivity index (χ2v) is 7.29. The average molecular weight is 408 g/mol. The van der Waals surface area contributed by atoms with Crippen LogP contribution in [0.4, 0.5) is 0 Å². The minimum Gasteiger partial charge on any atom is -0.497 e. The van der Waals surface area contributed by atoms with Gasteiger partial charge in [0, 0.05) is 30.0 Å². The van der Waals surface area contributed by atoms with Crippen molar-refractivity contribution in [1.29, 1.82) is 0 Å². The summed E-state index contributed by atoms with van der Waals surface area (Å²) in [4.78, 5) is 24.9. The Morgan fingerprint density at radius 1 is 1.13 bits per heavy atom. The van der Waals surface area contributed by atoms with Gasteiger partial charge in [-0.25, -0.2) is 0 Å². The number of rotatable bonds is 7. The van der Waals surface area contributed by atoms with Crippen LogP contribution in [0.1, 0.15) is 40.3 Å². The summed E-state index contributed by atoms with van der Waals surface area (Å²) >= 11 is 0. The van der Waals surface area contributed by atoms with E-state index in [0.717, 1.165) is 29.0 Å². The van der Waals surface area contributed by atoms with Crippen LogP contribution in [-0.4, -0.2) is 37.0 Å². The molecule has 30 heavy (non-hydrogen) atoms. The van der Waals surface area contributed by atoms with Gasteiger partial charge in [-0.3, -0.25) is 14.7 Å². The molecule has 7 nitrogen and oxygen atoms in total. The van der Waals surface area contributed by atoms with E-state index in [1.807, 2.05) is 36.4 Å². The first-order valence-corrected chi connectivity index (χ1v) is 9.84. The molecule has 1 aromatic heterocycles. The molecule has 0 fully saturated rings. The van der Waals surface area contributed by atoms with E-state index in [-0.39, 0.29) is 17.9 Å². The summed E-state index contributed by atoms with van der Waals surface area (Å²) in [5.74, 6) is 0.811. The second kappa shape index (κ2) is 8.49. The summed E-state index contributed by atoms with van der Waals surface area (Å²) in [6.07, 6.45) is 1.49. The Kier molecular flexibility index (Phi) is 5.61. The van der Waals surface area contributed by atoms with Crippen molar-refractivity contribution in [3.05, 3.63) is 80.8 Å². The molecular weight excluding hydrogens is 384 g/mol. The van der Waals surface area contributed by atoms with Crippen molar-refractivity contribution in [1.82, 2.24) is 10.2 Å². The number of hydrogen-bond donors (Lipinski definition) is 2. The third-order valence-corrected chi connectivity index (χ3v) is 5.50. The third-order valence-electron chi connectivity index (χ3n) is 5.50. The second-order valence-electron chi connectivity index (χ2n) is 7.29. The number of nitrogens with one attached hydrogen (secondary N) is 2. The molecular formula is C23H24N2O5. The molecule has 156 valence electrons. The summed E-state index contributed by atoms with van der Waals surface area (Å²) in [5.41, 5.74) is 4.15. The van der Waals surface area contributed by atoms with E-state index >= 15 is 0 Å². The summed E-state index contributed by atoms with van der Waals surface area (Å²) < 4.78 is 15.7. The maximum absolute atomic E-state index is 12.7. The summed E-state index contributed by atoms with van der Waals surface area (Å²) in [7, 11) is 2.94. The first-order valence-electron chi connectivity index (χ1n) is 9.84. The van der Waals surface area contributed by atoms with Crippen molar-refractivity contribution >= 4 is 5.97 Å². The molecule has 0 amide bonds. The van der Waals surface area contributed by atoms with Crippen LogP contribution in [0.2, 0.25) is 0 Å². The van der Waals surface area contributed by atoms with Gasteiger partial charge in [-0.2, -0.15) is 0 Å². The average Bonchev–Trinajstić information content (AvgIpc) is 3.38. The Morgan fingerprint density at radius 3 is 2.67 bits per heavy atom. The molecule has 1 aliphatic rings. The maximum Gasteiger partial charge on any atom is 0.306 e. The number of hydrogen-bond acceptors (Lipinski definition) is 5. The van der Waals surface area contributed by atoms with Gasteiger partial charge in [-0.15, -0.1) is 0 Å². The highest BCUT2D eigenvalue weighted by atomic mass is 16.5. The molecule has 2 aromatic carbocycles. The van der Waals surface area contributed by atoms with E-state index in [9.17, 15) is 9.59 Å². The molecule has 1 atom stereocenters. The van der Waals surface area contributed by atoms with Crippen molar-refractivity contribution in [2.24, 2.45) is 0 Å². The predicted molar refractivity (Wildman–Crippen MR) is 111 cm³/mol. The molecule has 0 bridgehead atoms. The highest BCUT2D eigenvalue weighted by molar-refractivity contribution is 5.71. The first kappa shape index (κ1) is 19.8. The Morgan fingerprint density at radius 2 is 1.93 bits per heavy atom. The van der Waals surface area contributed by atoms with Crippen LogP contribution < -0.4 is 15.0 Å². The van der Waals surface area contributed by atoms with Crippen LogP contribution in [0.3, 0.4) is 0 Å². The van der Waals surface area contributed by atoms with Crippen molar-refractivity contribution in [3.8, 4) is 11.5 Å². The van der Waals surface area contributed by atoms with Crippen molar-refractivity contribution in [2.45, 2.75) is 25.2 Å². The molecule has 3 aromatic rings. The molecule has 4 rings (SSSR count). The molecule has 7 heteroatoms. The maximum atomic E-state index is 12.7. The lowest BCUT2D eigenvalue weighted by atomic mass is 9.87. The minimum absolute atomic E-state index is 0.0643. The molecule has 2 heterocycles. The quantitative estimate of drug-likeness (QED) is 0.587. The fourth-order valence-electron chi connectivity index (χ4n) is 3.94. The number of H-pyrrole nitrogens is 2. The van der Waals surface area contributed by atoms with Crippen LogP contribution in [0.25, 0.3) is 0 Å². The minimum atomic E-state index is -0.439. The Hall–Kier alpha value is -3.48. The Labute approximate surface area is 174 Å². The van der Waals surface area contributed by atoms with Gasteiger partial charge >= 0.3 is 5.97 Å². The molecule has 1 aliphatic heterocycles. The monoisotopic (exact) mass is 408 g/mol. The number of aromatic nitrogens is 2. The molecule has 0 spiro atoms. The SMILES string of the molecule is COC(=O)CC(c1ccc(OC)cc1)c1c(Cc2ccc3c(c2)CCO3)[nH][nH]c1=O. The lowest BCUT2D eigenvalue weighted by Gasteiger charge is -2.17. The number of esters is 1. The lowest BCUT2D eigenvalue weighted by molar-refractivity contribution is -0.140. The van der Waals surface area contributed by atoms with Gasteiger partial charge in [-0.05, 0) is 34.9 Å². The molecule has 0 aliphatic carbocycles. The van der Waals surface area contributed by atoms with Crippen LogP contribution >= 0.6 is 0 Å². The zero-order valence-electron chi connectivity index (χ0n) is 17.0. The largest absolute Gasteiger partial charge is 0.497 e. The van der Waals surface area contributed by atoms with E-state index in [2.05, 4.69) is 16.3 Å². The smallest absolute Gasteiger partial charge is 0.306 e. The van der Waals surface area contributed by atoms with Crippen LogP contribution in [0.15, 0.2) is 47.3 Å². The first-order chi connectivity index (χ1) is 14.6. The number of carbonyl (C=O) groups excluding carboxylic acids is 1. The zero-order chi connectivity index (χ0) is 21.1. The van der Waals surface area contributed by atoms with Gasteiger partial charge in [0.25, 0.3) is 5.56 Å². The summed E-state index contributed by atoms with van der Waals surface area (Å²) in [5, 5.41) is 5.70. The topological polar surface area (TPSA) is 93.4 Å². The fourth-order valence-corrected chi connectivity index (χ4v) is 3.94. The Balaban J connectivity index is 1.70. The van der Waals surface area contributed by atoms with Gasteiger partial charge in [0.1, 0.15) is 11.5 Å². The van der Waals surface area contributed by atoms with Gasteiger partial charge in [0.2, 0.25) is 0 Å². The van der Waals surface area contributed by atoms with E-state index in [1.54, 1.807) is 7.11 Å². The molecule has 1 unspecified atom stereocenters. The van der Waals surface area contributed by atoms with E-state index in [1.165, 1.54) is 12.7 Å². The number of fused-ring (bicyclic) bond motifs is 1. The predicted octanol–water partition coefficient (Wildman–Crippen LogP) is 2.93. The third kappa shape index (κ3) is 3.96. The van der Waals surface area contributed by atoms with Gasteiger partial charge in [-0.1, -0.05) is 24.3 Å². The lowest BCUT2D eigenvalue weighted by Crippen LogP contribution is -2.18. The Bertz CT molecular complexity index is 1100. The molecule has 2 N–H and O–H groups in total. The van der Waals surface area contributed by atoms with Crippen molar-refractivity contribution < 1.29 is 19.0 Å². The van der Waals surface area contributed by atoms with Gasteiger partial charge in [0.05, 0.1) is 27.2 Å². The number of benzene rings is 2. The van der Waals surface area contributed by atoms with Gasteiger partial charge < -0.3 is 19.3 Å². The van der Waals surface area contributed by atoms with Crippen LogP contribution in [0.5, 0.6) is 11.5 Å². The normalized spacial score (nSPS) is 13.4. The number of carbonyl (C=O) groups is 1. The van der Waals surface area contributed by atoms with Crippen molar-refractivity contribution in [2.75, 3.05) is 20.8 Å².